The summed E-state index contributed by atoms with van der Waals surface area (Å²) in [6.45, 7) is 8.92. The van der Waals surface area contributed by atoms with Gasteiger partial charge in [0.2, 0.25) is 0 Å². The van der Waals surface area contributed by atoms with Crippen molar-refractivity contribution in [1.29, 1.82) is 0 Å². The molecule has 0 N–H and O–H groups in total. The van der Waals surface area contributed by atoms with E-state index in [0.717, 1.165) is 5.54 Å². The monoisotopic (exact) mass is 519 g/mol. The molecule has 0 aromatic heterocycles. The molecule has 0 aromatic carbocycles. The molecule has 0 aliphatic heterocycles. The first-order valence-corrected chi connectivity index (χ1v) is 18.4. The Morgan fingerprint density at radius 2 is 1.78 bits per heavy atom. The van der Waals surface area contributed by atoms with Crippen LogP contribution in [0.25, 0.3) is 0 Å². The van der Waals surface area contributed by atoms with Crippen LogP contribution < -0.4 is 0 Å². The van der Waals surface area contributed by atoms with Gasteiger partial charge in [-0.25, -0.2) is 0 Å². The van der Waals surface area contributed by atoms with Gasteiger partial charge < -0.3 is 0 Å². The van der Waals surface area contributed by atoms with Crippen molar-refractivity contribution in [2.75, 3.05) is 0 Å². The number of unbranched alkanes of at least 4 members (excludes halogenated alkanes) is 4. The number of hydrogen-bond donors (Lipinski definition) is 0. The van der Waals surface area contributed by atoms with Gasteiger partial charge in [-0.15, -0.1) is 0 Å². The Bertz CT molecular complexity index is 412. The average Bonchev–Trinajstić information content (AvgIpc) is 2.90. The first-order valence-electron chi connectivity index (χ1n) is 9.05. The molecule has 1 rings (SSSR count). The van der Waals surface area contributed by atoms with Gasteiger partial charge in [-0.05, 0) is 0 Å². The fourth-order valence-electron chi connectivity index (χ4n) is 2.97. The second kappa shape index (κ2) is 9.73. The Morgan fingerprint density at radius 1 is 1.13 bits per heavy atom. The molecule has 1 nitrogen and oxygen atoms in total. The Kier molecular flexibility index (Phi) is 9.05. The van der Waals surface area contributed by atoms with E-state index < -0.39 is 25.8 Å². The summed E-state index contributed by atoms with van der Waals surface area (Å²) in [5.41, 5.74) is 2.48. The van der Waals surface area contributed by atoms with Gasteiger partial charge in [-0.2, -0.15) is 0 Å². The summed E-state index contributed by atoms with van der Waals surface area (Å²) in [5, 5.41) is 7.62. The molecule has 3 heteroatoms. The van der Waals surface area contributed by atoms with E-state index in [1.807, 2.05) is 3.96 Å². The zero-order valence-electron chi connectivity index (χ0n) is 16.6. The van der Waals surface area contributed by atoms with E-state index in [-0.39, 0.29) is 5.60 Å². The zero-order chi connectivity index (χ0) is 17.5. The standard InChI is InChI=1S/C17H31OSi.3CH3.Pt/c1-5-6-7-8-9-14-16(15-12-10-11-13-15)19-18-17(2,3)4;;;;/h10,12,16H,5-9,11,14,19H2,1-4H3;3*1H3;. The van der Waals surface area contributed by atoms with Crippen LogP contribution in [-0.4, -0.2) is 15.4 Å². The molecule has 23 heavy (non-hydrogen) atoms. The third kappa shape index (κ3) is 8.32. The Morgan fingerprint density at radius 3 is 2.35 bits per heavy atom. The minimum atomic E-state index is -1.65. The van der Waals surface area contributed by atoms with Crippen LogP contribution in [0.3, 0.4) is 0 Å². The molecule has 140 valence electrons. The predicted molar refractivity (Wildman–Crippen MR) is 105 cm³/mol. The molecule has 0 saturated heterocycles. The quantitative estimate of drug-likeness (QED) is 0.235. The van der Waals surface area contributed by atoms with E-state index in [4.69, 9.17) is 4.43 Å². The van der Waals surface area contributed by atoms with Gasteiger partial charge in [-0.3, -0.25) is 0 Å². The summed E-state index contributed by atoms with van der Waals surface area (Å²) in [6.07, 6.45) is 14.4. The van der Waals surface area contributed by atoms with E-state index in [2.05, 4.69) is 55.8 Å². The van der Waals surface area contributed by atoms with Gasteiger partial charge >= 0.3 is 152 Å². The van der Waals surface area contributed by atoms with E-state index in [1.165, 1.54) is 44.9 Å². The molecule has 0 fully saturated rings. The van der Waals surface area contributed by atoms with Gasteiger partial charge in [0, 0.05) is 0 Å². The number of rotatable bonds is 10. The summed E-state index contributed by atoms with van der Waals surface area (Å²) in [5.74, 6) is 0. The molecule has 0 radical (unpaired) electrons. The second-order valence-electron chi connectivity index (χ2n) is 8.18. The third-order valence-electron chi connectivity index (χ3n) is 4.26. The fourth-order valence-corrected chi connectivity index (χ4v) is 9.40. The SMILES string of the molecule is CCCCCCCC([SiH2]OC(C)(C)C)C1=[C]([Pt]([CH3])([CH3])[CH3])CC=C1. The van der Waals surface area contributed by atoms with Crippen LogP contribution in [0.4, 0.5) is 0 Å². The number of hydrogen-bond acceptors (Lipinski definition) is 1. The fraction of sp³-hybridized carbons (Fsp3) is 0.800. The molecule has 0 heterocycles. The average molecular weight is 520 g/mol. The van der Waals surface area contributed by atoms with Crippen LogP contribution in [0.1, 0.15) is 72.6 Å². The molecule has 1 aliphatic carbocycles. The molecule has 0 bridgehead atoms. The third-order valence-corrected chi connectivity index (χ3v) is 11.8. The molecule has 0 amide bonds. The maximum atomic E-state index is 6.33. The van der Waals surface area contributed by atoms with E-state index in [0.29, 0.717) is 0 Å². The van der Waals surface area contributed by atoms with Crippen molar-refractivity contribution in [2.24, 2.45) is 0 Å². The van der Waals surface area contributed by atoms with Crippen molar-refractivity contribution in [3.05, 3.63) is 21.7 Å². The van der Waals surface area contributed by atoms with Crippen LogP contribution >= 0.6 is 0 Å². The molecule has 1 aliphatic rings. The van der Waals surface area contributed by atoms with Crippen molar-refractivity contribution in [1.82, 2.24) is 0 Å². The van der Waals surface area contributed by atoms with Gasteiger partial charge in [0.1, 0.15) is 0 Å². The first kappa shape index (κ1) is 21.4. The van der Waals surface area contributed by atoms with E-state index in [1.54, 1.807) is 5.57 Å². The van der Waals surface area contributed by atoms with Crippen LogP contribution in [0.2, 0.25) is 21.5 Å². The summed E-state index contributed by atoms with van der Waals surface area (Å²) in [4.78, 5) is 0. The molecule has 0 aromatic rings. The maximum absolute atomic E-state index is 6.33. The van der Waals surface area contributed by atoms with Crippen molar-refractivity contribution in [3.8, 4) is 0 Å². The van der Waals surface area contributed by atoms with Crippen molar-refractivity contribution in [2.45, 2.75) is 99.7 Å². The van der Waals surface area contributed by atoms with Crippen molar-refractivity contribution in [3.63, 3.8) is 0 Å². The minimum absolute atomic E-state index is 0.0261. The second-order valence-corrected chi connectivity index (χ2v) is 21.4. The summed E-state index contributed by atoms with van der Waals surface area (Å²) in [7, 11) is -0.518. The van der Waals surface area contributed by atoms with Gasteiger partial charge in [0.05, 0.1) is 0 Å². The summed E-state index contributed by atoms with van der Waals surface area (Å²) < 4.78 is 8.17. The van der Waals surface area contributed by atoms with E-state index >= 15 is 0 Å². The van der Waals surface area contributed by atoms with Crippen molar-refractivity contribution >= 4 is 9.76 Å². The molecular formula is C20H40OPtSi. The molecule has 0 saturated carbocycles. The Labute approximate surface area is 151 Å². The summed E-state index contributed by atoms with van der Waals surface area (Å²) >= 11 is -1.65. The summed E-state index contributed by atoms with van der Waals surface area (Å²) in [6, 6.07) is 0. The molecule has 1 unspecified atom stereocenters. The molecule has 0 spiro atoms. The molecule has 1 atom stereocenters. The van der Waals surface area contributed by atoms with Crippen molar-refractivity contribution < 1.29 is 20.5 Å². The first-order chi connectivity index (χ1) is 10.6. The van der Waals surface area contributed by atoms with Crippen LogP contribution in [0.15, 0.2) is 21.7 Å². The Hall–Kier alpha value is 0.345. The van der Waals surface area contributed by atoms with E-state index in [9.17, 15) is 0 Å². The zero-order valence-corrected chi connectivity index (χ0v) is 20.3. The van der Waals surface area contributed by atoms with Crippen LogP contribution in [-0.2, 0) is 20.5 Å². The topological polar surface area (TPSA) is 9.23 Å². The van der Waals surface area contributed by atoms with Crippen LogP contribution in [0, 0.1) is 0 Å². The normalized spacial score (nSPS) is 18.4. The molecular weight excluding hydrogens is 479 g/mol. The predicted octanol–water partition coefficient (Wildman–Crippen LogP) is 6.55. The van der Waals surface area contributed by atoms with Crippen LogP contribution in [0.5, 0.6) is 0 Å². The number of allylic oxidation sites excluding steroid dienone is 4. The van der Waals surface area contributed by atoms with Gasteiger partial charge in [-0.1, -0.05) is 0 Å². The Balaban J connectivity index is 2.75. The van der Waals surface area contributed by atoms with Gasteiger partial charge in [0.15, 0.2) is 0 Å². The van der Waals surface area contributed by atoms with Gasteiger partial charge in [0.25, 0.3) is 0 Å².